The summed E-state index contributed by atoms with van der Waals surface area (Å²) in [7, 11) is 0. The molecule has 0 spiro atoms. The van der Waals surface area contributed by atoms with E-state index in [1.165, 1.54) is 32.1 Å². The molecule has 1 saturated carbocycles. The minimum absolute atomic E-state index is 0.175. The Morgan fingerprint density at radius 3 is 2.88 bits per heavy atom. The normalized spacial score (nSPS) is 17.5. The van der Waals surface area contributed by atoms with Crippen LogP contribution in [0.1, 0.15) is 50.2 Å². The van der Waals surface area contributed by atoms with Gasteiger partial charge in [0.05, 0.1) is 5.75 Å². The highest BCUT2D eigenvalue weighted by Gasteiger charge is 2.15. The molecule has 96 valence electrons. The van der Waals surface area contributed by atoms with E-state index in [1.54, 1.807) is 0 Å². The van der Waals surface area contributed by atoms with Crippen molar-refractivity contribution in [1.29, 1.82) is 0 Å². The van der Waals surface area contributed by atoms with E-state index in [9.17, 15) is 0 Å². The number of nitrogens with zero attached hydrogens (tertiary/aromatic N) is 2. The summed E-state index contributed by atoms with van der Waals surface area (Å²) in [6, 6.07) is 0. The first-order valence-corrected chi connectivity index (χ1v) is 7.47. The largest absolute Gasteiger partial charge is 0.396 e. The van der Waals surface area contributed by atoms with E-state index in [2.05, 4.69) is 10.1 Å². The maximum atomic E-state index is 8.71. The summed E-state index contributed by atoms with van der Waals surface area (Å²) in [6.45, 7) is 0.175. The molecule has 0 saturated heterocycles. The summed E-state index contributed by atoms with van der Waals surface area (Å²) in [5.74, 6) is 2.31. The molecule has 1 aromatic heterocycles. The van der Waals surface area contributed by atoms with Crippen molar-refractivity contribution >= 4 is 11.8 Å². The fourth-order valence-electron chi connectivity index (χ4n) is 2.10. The topological polar surface area (TPSA) is 59.2 Å². The lowest BCUT2D eigenvalue weighted by molar-refractivity contribution is 0.278. The zero-order valence-electron chi connectivity index (χ0n) is 10.1. The maximum absolute atomic E-state index is 8.71. The second-order valence-electron chi connectivity index (χ2n) is 4.50. The highest BCUT2D eigenvalue weighted by atomic mass is 32.2. The summed E-state index contributed by atoms with van der Waals surface area (Å²) in [6.07, 6.45) is 8.16. The highest BCUT2D eigenvalue weighted by molar-refractivity contribution is 7.99. The fraction of sp³-hybridized carbons (Fsp3) is 0.833. The molecule has 0 bridgehead atoms. The minimum atomic E-state index is 0.175. The minimum Gasteiger partial charge on any atom is -0.396 e. The SMILES string of the molecule is OCCCc1nc(CSC2CCCCC2)no1. The zero-order chi connectivity index (χ0) is 11.9. The Morgan fingerprint density at radius 1 is 1.29 bits per heavy atom. The first kappa shape index (κ1) is 12.9. The third kappa shape index (κ3) is 4.32. The molecule has 1 aliphatic carbocycles. The molecule has 1 heterocycles. The van der Waals surface area contributed by atoms with Gasteiger partial charge in [-0.05, 0) is 19.3 Å². The molecule has 1 fully saturated rings. The van der Waals surface area contributed by atoms with Crippen LogP contribution in [0, 0.1) is 0 Å². The number of aliphatic hydroxyl groups excluding tert-OH is 1. The monoisotopic (exact) mass is 256 g/mol. The van der Waals surface area contributed by atoms with Crippen molar-refractivity contribution in [3.8, 4) is 0 Å². The molecule has 0 atom stereocenters. The van der Waals surface area contributed by atoms with Gasteiger partial charge in [-0.3, -0.25) is 0 Å². The van der Waals surface area contributed by atoms with Crippen LogP contribution in [0.5, 0.6) is 0 Å². The van der Waals surface area contributed by atoms with Gasteiger partial charge in [-0.2, -0.15) is 16.7 Å². The zero-order valence-corrected chi connectivity index (χ0v) is 10.9. The number of aromatic nitrogens is 2. The van der Waals surface area contributed by atoms with Gasteiger partial charge in [0.15, 0.2) is 5.82 Å². The Labute approximate surface area is 106 Å². The predicted octanol–water partition coefficient (Wildman–Crippen LogP) is 2.56. The standard InChI is InChI=1S/C12H20N2O2S/c15-8-4-7-12-13-11(14-16-12)9-17-10-5-2-1-3-6-10/h10,15H,1-9H2. The van der Waals surface area contributed by atoms with Crippen molar-refractivity contribution in [2.45, 2.75) is 55.9 Å². The number of thioether (sulfide) groups is 1. The van der Waals surface area contributed by atoms with E-state index in [-0.39, 0.29) is 6.61 Å². The fourth-order valence-corrected chi connectivity index (χ4v) is 3.27. The smallest absolute Gasteiger partial charge is 0.226 e. The van der Waals surface area contributed by atoms with E-state index in [4.69, 9.17) is 9.63 Å². The summed E-state index contributed by atoms with van der Waals surface area (Å²) >= 11 is 1.95. The van der Waals surface area contributed by atoms with Gasteiger partial charge in [0.1, 0.15) is 0 Å². The van der Waals surface area contributed by atoms with Crippen molar-refractivity contribution < 1.29 is 9.63 Å². The average Bonchev–Trinajstić information content (AvgIpc) is 2.83. The summed E-state index contributed by atoms with van der Waals surface area (Å²) in [5.41, 5.74) is 0. The molecule has 1 aliphatic rings. The second-order valence-corrected chi connectivity index (χ2v) is 5.79. The molecule has 0 aromatic carbocycles. The van der Waals surface area contributed by atoms with Crippen LogP contribution in [0.2, 0.25) is 0 Å². The van der Waals surface area contributed by atoms with E-state index in [1.807, 2.05) is 11.8 Å². The second kappa shape index (κ2) is 7.01. The van der Waals surface area contributed by atoms with Gasteiger partial charge in [0.25, 0.3) is 0 Å². The maximum Gasteiger partial charge on any atom is 0.226 e. The molecule has 0 aliphatic heterocycles. The molecule has 2 rings (SSSR count). The van der Waals surface area contributed by atoms with Crippen molar-refractivity contribution in [3.63, 3.8) is 0 Å². The summed E-state index contributed by atoms with van der Waals surface area (Å²) < 4.78 is 5.12. The van der Waals surface area contributed by atoms with Crippen molar-refractivity contribution in [1.82, 2.24) is 10.1 Å². The molecule has 1 aromatic rings. The Hall–Kier alpha value is -0.550. The van der Waals surface area contributed by atoms with Crippen LogP contribution in [0.25, 0.3) is 0 Å². The Balaban J connectivity index is 1.72. The van der Waals surface area contributed by atoms with E-state index < -0.39 is 0 Å². The molecule has 1 N–H and O–H groups in total. The Morgan fingerprint density at radius 2 is 2.12 bits per heavy atom. The quantitative estimate of drug-likeness (QED) is 0.847. The number of rotatable bonds is 6. The molecule has 17 heavy (non-hydrogen) atoms. The lowest BCUT2D eigenvalue weighted by Gasteiger charge is -2.19. The van der Waals surface area contributed by atoms with E-state index >= 15 is 0 Å². The molecule has 5 heteroatoms. The van der Waals surface area contributed by atoms with Crippen LogP contribution < -0.4 is 0 Å². The van der Waals surface area contributed by atoms with Gasteiger partial charge < -0.3 is 9.63 Å². The molecular formula is C12H20N2O2S. The Bertz CT molecular complexity index is 324. The molecule has 0 unspecified atom stereocenters. The van der Waals surface area contributed by atoms with Crippen molar-refractivity contribution in [2.24, 2.45) is 0 Å². The number of aliphatic hydroxyl groups is 1. The Kier molecular flexibility index (Phi) is 5.32. The number of hydrogen-bond donors (Lipinski definition) is 1. The van der Waals surface area contributed by atoms with Crippen molar-refractivity contribution in [2.75, 3.05) is 6.61 Å². The number of hydrogen-bond acceptors (Lipinski definition) is 5. The van der Waals surface area contributed by atoms with Gasteiger partial charge in [0.2, 0.25) is 5.89 Å². The number of aryl methyl sites for hydroxylation is 1. The molecule has 0 amide bonds. The molecule has 0 radical (unpaired) electrons. The first-order valence-electron chi connectivity index (χ1n) is 6.42. The van der Waals surface area contributed by atoms with E-state index in [0.717, 1.165) is 16.8 Å². The van der Waals surface area contributed by atoms with Gasteiger partial charge in [0, 0.05) is 18.3 Å². The molecular weight excluding hydrogens is 236 g/mol. The van der Waals surface area contributed by atoms with Gasteiger partial charge in [-0.15, -0.1) is 0 Å². The lowest BCUT2D eigenvalue weighted by atomic mass is 10.0. The van der Waals surface area contributed by atoms with Crippen LogP contribution >= 0.6 is 11.8 Å². The van der Waals surface area contributed by atoms with E-state index in [0.29, 0.717) is 18.7 Å². The van der Waals surface area contributed by atoms with Crippen LogP contribution in [0.4, 0.5) is 0 Å². The summed E-state index contributed by atoms with van der Waals surface area (Å²) in [5, 5.41) is 13.5. The first-order chi connectivity index (χ1) is 8.38. The lowest BCUT2D eigenvalue weighted by Crippen LogP contribution is -2.08. The predicted molar refractivity (Wildman–Crippen MR) is 67.9 cm³/mol. The van der Waals surface area contributed by atoms with Gasteiger partial charge >= 0.3 is 0 Å². The molecule has 4 nitrogen and oxygen atoms in total. The van der Waals surface area contributed by atoms with Crippen LogP contribution in [-0.4, -0.2) is 27.1 Å². The third-order valence-corrected chi connectivity index (χ3v) is 4.43. The van der Waals surface area contributed by atoms with Crippen LogP contribution in [0.15, 0.2) is 4.52 Å². The highest BCUT2D eigenvalue weighted by Crippen LogP contribution is 2.29. The van der Waals surface area contributed by atoms with Gasteiger partial charge in [-0.25, -0.2) is 0 Å². The summed E-state index contributed by atoms with van der Waals surface area (Å²) in [4.78, 5) is 4.32. The third-order valence-electron chi connectivity index (χ3n) is 3.06. The van der Waals surface area contributed by atoms with Crippen molar-refractivity contribution in [3.05, 3.63) is 11.7 Å². The average molecular weight is 256 g/mol. The van der Waals surface area contributed by atoms with Crippen LogP contribution in [-0.2, 0) is 12.2 Å². The van der Waals surface area contributed by atoms with Crippen LogP contribution in [0.3, 0.4) is 0 Å². The van der Waals surface area contributed by atoms with Gasteiger partial charge in [-0.1, -0.05) is 24.4 Å².